The van der Waals surface area contributed by atoms with Gasteiger partial charge >= 0.3 is 12.2 Å². The SMILES string of the molecule is CCCC(CC)CCC(C)C[NH+](c1cc(F)c(F)c(F)c1F)C(F)(F)C(F)(F)F. The molecule has 1 aromatic rings. The van der Waals surface area contributed by atoms with Crippen molar-refractivity contribution in [2.45, 2.75) is 65.1 Å². The summed E-state index contributed by atoms with van der Waals surface area (Å²) in [6.07, 6.45) is -2.73. The summed E-state index contributed by atoms with van der Waals surface area (Å²) >= 11 is 0. The number of hydrogen-bond donors (Lipinski definition) is 1. The Morgan fingerprint density at radius 3 is 1.93 bits per heavy atom. The van der Waals surface area contributed by atoms with Crippen LogP contribution in [-0.4, -0.2) is 18.8 Å². The predicted octanol–water partition coefficient (Wildman–Crippen LogP) is 6.16. The molecule has 0 spiro atoms. The quantitative estimate of drug-likeness (QED) is 0.193. The van der Waals surface area contributed by atoms with Crippen LogP contribution in [0.2, 0.25) is 0 Å². The Labute approximate surface area is 163 Å². The summed E-state index contributed by atoms with van der Waals surface area (Å²) in [5.74, 6) is -9.52. The monoisotopic (exact) mass is 438 g/mol. The summed E-state index contributed by atoms with van der Waals surface area (Å²) in [5.41, 5.74) is -1.60. The number of benzene rings is 1. The van der Waals surface area contributed by atoms with Crippen molar-refractivity contribution in [3.63, 3.8) is 0 Å². The van der Waals surface area contributed by atoms with Crippen LogP contribution in [-0.2, 0) is 0 Å². The number of alkyl halides is 5. The van der Waals surface area contributed by atoms with Gasteiger partial charge in [-0.3, -0.25) is 0 Å². The molecule has 0 aliphatic rings. The lowest BCUT2D eigenvalue weighted by Gasteiger charge is -2.31. The van der Waals surface area contributed by atoms with Crippen molar-refractivity contribution >= 4 is 5.69 Å². The lowest BCUT2D eigenvalue weighted by atomic mass is 9.91. The summed E-state index contributed by atoms with van der Waals surface area (Å²) in [7, 11) is 0. The van der Waals surface area contributed by atoms with Crippen LogP contribution in [0.3, 0.4) is 0 Å². The van der Waals surface area contributed by atoms with Gasteiger partial charge in [-0.05, 0) is 18.8 Å². The van der Waals surface area contributed by atoms with E-state index in [1.54, 1.807) is 0 Å². The molecule has 0 bridgehead atoms. The van der Waals surface area contributed by atoms with Crippen molar-refractivity contribution in [1.29, 1.82) is 0 Å². The Morgan fingerprint density at radius 1 is 0.862 bits per heavy atom. The van der Waals surface area contributed by atoms with E-state index >= 15 is 0 Å². The van der Waals surface area contributed by atoms with Crippen molar-refractivity contribution in [2.24, 2.45) is 11.8 Å². The molecule has 0 radical (unpaired) electrons. The van der Waals surface area contributed by atoms with Gasteiger partial charge in [0.2, 0.25) is 11.6 Å². The molecule has 0 fully saturated rings. The highest BCUT2D eigenvalue weighted by atomic mass is 19.4. The van der Waals surface area contributed by atoms with Crippen molar-refractivity contribution in [3.05, 3.63) is 29.3 Å². The predicted molar refractivity (Wildman–Crippen MR) is 89.9 cm³/mol. The van der Waals surface area contributed by atoms with Crippen molar-refractivity contribution in [3.8, 4) is 0 Å². The fourth-order valence-corrected chi connectivity index (χ4v) is 3.30. The molecule has 1 rings (SSSR count). The smallest absolute Gasteiger partial charge is 0.231 e. The Morgan fingerprint density at radius 2 is 1.45 bits per heavy atom. The van der Waals surface area contributed by atoms with E-state index in [1.165, 1.54) is 6.92 Å². The van der Waals surface area contributed by atoms with Crippen molar-refractivity contribution < 1.29 is 44.4 Å². The maximum atomic E-state index is 14.1. The number of quaternary nitrogens is 1. The molecule has 0 saturated carbocycles. The Kier molecular flexibility index (Phi) is 8.86. The zero-order chi connectivity index (χ0) is 22.6. The third kappa shape index (κ3) is 6.02. The first-order chi connectivity index (χ1) is 13.3. The topological polar surface area (TPSA) is 4.44 Å². The van der Waals surface area contributed by atoms with Gasteiger partial charge < -0.3 is 0 Å². The Hall–Kier alpha value is -1.45. The first-order valence-electron chi connectivity index (χ1n) is 9.41. The molecule has 0 aliphatic heterocycles. The van der Waals surface area contributed by atoms with Crippen molar-refractivity contribution in [1.82, 2.24) is 0 Å². The largest absolute Gasteiger partial charge is 0.515 e. The molecular weight excluding hydrogens is 413 g/mol. The van der Waals surface area contributed by atoms with Crippen LogP contribution in [0, 0.1) is 35.1 Å². The Bertz CT molecular complexity index is 673. The maximum absolute atomic E-state index is 14.1. The minimum atomic E-state index is -6.11. The lowest BCUT2D eigenvalue weighted by Crippen LogP contribution is -3.17. The van der Waals surface area contributed by atoms with E-state index in [4.69, 9.17) is 0 Å². The summed E-state index contributed by atoms with van der Waals surface area (Å²) in [6.45, 7) is 4.35. The van der Waals surface area contributed by atoms with Gasteiger partial charge in [0.15, 0.2) is 17.3 Å². The summed E-state index contributed by atoms with van der Waals surface area (Å²) < 4.78 is 121. The molecule has 0 aliphatic carbocycles. The van der Waals surface area contributed by atoms with Crippen LogP contribution < -0.4 is 4.90 Å². The summed E-state index contributed by atoms with van der Waals surface area (Å²) in [5, 5.41) is 0. The number of halogens is 9. The first-order valence-corrected chi connectivity index (χ1v) is 9.41. The number of nitrogens with one attached hydrogen (secondary N) is 1. The van der Waals surface area contributed by atoms with Crippen LogP contribution in [0.15, 0.2) is 6.07 Å². The van der Waals surface area contributed by atoms with Gasteiger partial charge in [-0.15, -0.1) is 8.78 Å². The van der Waals surface area contributed by atoms with Gasteiger partial charge in [-0.25, -0.2) is 18.1 Å². The molecule has 3 unspecified atom stereocenters. The third-order valence-corrected chi connectivity index (χ3v) is 5.06. The molecule has 10 heteroatoms. The van der Waals surface area contributed by atoms with E-state index in [9.17, 15) is 39.5 Å². The van der Waals surface area contributed by atoms with Crippen LogP contribution >= 0.6 is 0 Å². The zero-order valence-electron chi connectivity index (χ0n) is 16.4. The maximum Gasteiger partial charge on any atom is 0.515 e. The molecule has 1 N–H and O–H groups in total. The molecule has 1 aromatic carbocycles. The van der Waals surface area contributed by atoms with E-state index in [0.29, 0.717) is 6.42 Å². The lowest BCUT2D eigenvalue weighted by molar-refractivity contribution is -0.953. The van der Waals surface area contributed by atoms with Crippen LogP contribution in [0.5, 0.6) is 0 Å². The number of hydrogen-bond acceptors (Lipinski definition) is 0. The van der Waals surface area contributed by atoms with Crippen LogP contribution in [0.4, 0.5) is 45.2 Å². The fraction of sp³-hybridized carbons (Fsp3) is 0.684. The van der Waals surface area contributed by atoms with Gasteiger partial charge in [0.25, 0.3) is 0 Å². The minimum absolute atomic E-state index is 0.151. The minimum Gasteiger partial charge on any atom is -0.231 e. The fourth-order valence-electron chi connectivity index (χ4n) is 3.30. The second-order valence-electron chi connectivity index (χ2n) is 7.35. The van der Waals surface area contributed by atoms with Crippen LogP contribution in [0.1, 0.15) is 52.9 Å². The third-order valence-electron chi connectivity index (χ3n) is 5.06. The van der Waals surface area contributed by atoms with E-state index in [1.807, 2.05) is 13.8 Å². The van der Waals surface area contributed by atoms with E-state index in [-0.39, 0.29) is 18.4 Å². The van der Waals surface area contributed by atoms with E-state index < -0.39 is 58.5 Å². The zero-order valence-corrected chi connectivity index (χ0v) is 16.4. The van der Waals surface area contributed by atoms with Crippen LogP contribution in [0.25, 0.3) is 0 Å². The highest BCUT2D eigenvalue weighted by Gasteiger charge is 2.67. The van der Waals surface area contributed by atoms with Gasteiger partial charge in [-0.1, -0.05) is 40.0 Å². The highest BCUT2D eigenvalue weighted by Crippen LogP contribution is 2.33. The normalized spacial score (nSPS) is 16.0. The summed E-state index contributed by atoms with van der Waals surface area (Å²) in [6, 6.07) is -5.69. The molecule has 1 nitrogen and oxygen atoms in total. The van der Waals surface area contributed by atoms with E-state index in [0.717, 1.165) is 19.3 Å². The molecular formula is C19H25F9N+. The average molecular weight is 438 g/mol. The van der Waals surface area contributed by atoms with Crippen molar-refractivity contribution in [2.75, 3.05) is 6.54 Å². The molecule has 3 atom stereocenters. The second-order valence-corrected chi connectivity index (χ2v) is 7.35. The molecule has 29 heavy (non-hydrogen) atoms. The standard InChI is InChI=1S/C19H24F9N/c1-4-6-12(5-2)8-7-11(3)10-29(19(27,28)18(24,25)26)14-9-13(20)15(21)17(23)16(14)22/h9,11-12H,4-8,10H2,1-3H3/p+1. The summed E-state index contributed by atoms with van der Waals surface area (Å²) in [4.78, 5) is -1.81. The van der Waals surface area contributed by atoms with Gasteiger partial charge in [-0.2, -0.15) is 17.6 Å². The Balaban J connectivity index is 3.25. The molecule has 0 aromatic heterocycles. The molecule has 0 saturated heterocycles. The van der Waals surface area contributed by atoms with E-state index in [2.05, 4.69) is 0 Å². The number of rotatable bonds is 10. The second kappa shape index (κ2) is 10.0. The average Bonchev–Trinajstić information content (AvgIpc) is 2.63. The first kappa shape index (κ1) is 25.6. The van der Waals surface area contributed by atoms with Gasteiger partial charge in [0.1, 0.15) is 0 Å². The molecule has 0 amide bonds. The molecule has 168 valence electrons. The molecule has 0 heterocycles. The van der Waals surface area contributed by atoms with Gasteiger partial charge in [0, 0.05) is 12.0 Å². The van der Waals surface area contributed by atoms with Gasteiger partial charge in [0.05, 0.1) is 6.54 Å². The highest BCUT2D eigenvalue weighted by molar-refractivity contribution is 5.33.